The van der Waals surface area contributed by atoms with Crippen LogP contribution in [0, 0.1) is 0 Å². The molecule has 0 bridgehead atoms. The monoisotopic (exact) mass is 647 g/mol. The van der Waals surface area contributed by atoms with E-state index in [1.807, 2.05) is 0 Å². The van der Waals surface area contributed by atoms with Crippen molar-refractivity contribution in [3.8, 4) is 0 Å². The summed E-state index contributed by atoms with van der Waals surface area (Å²) in [6, 6.07) is 0. The molecule has 248 valence electrons. The van der Waals surface area contributed by atoms with Gasteiger partial charge in [0.1, 0.15) is 0 Å². The van der Waals surface area contributed by atoms with Crippen LogP contribution in [0.15, 0.2) is 0 Å². The molecule has 0 aromatic heterocycles. The summed E-state index contributed by atoms with van der Waals surface area (Å²) in [5.74, 6) is 0. The van der Waals surface area contributed by atoms with Crippen LogP contribution in [-0.2, 0) is 0 Å². The molecule has 6 aliphatic carbocycles. The van der Waals surface area contributed by atoms with Gasteiger partial charge >= 0.3 is 0 Å². The highest BCUT2D eigenvalue weighted by Gasteiger charge is 2.39. The second-order valence-corrected chi connectivity index (χ2v) is 24.7. The Morgan fingerprint density at radius 1 is 0.256 bits per heavy atom. The Morgan fingerprint density at radius 3 is 0.581 bits per heavy atom. The topological polar surface area (TPSA) is 3.24 Å². The Kier molecular flexibility index (Phi) is 14.8. The van der Waals surface area contributed by atoms with Crippen LogP contribution >= 0.6 is 23.8 Å². The van der Waals surface area contributed by atoms with Gasteiger partial charge in [0.2, 0.25) is 0 Å². The summed E-state index contributed by atoms with van der Waals surface area (Å²) < 4.78 is 0. The molecule has 1 nitrogen and oxygen atoms in total. The Bertz CT molecular complexity index is 586. The van der Waals surface area contributed by atoms with Gasteiger partial charge < -0.3 is 0 Å². The quantitative estimate of drug-likeness (QED) is 0.191. The highest BCUT2D eigenvalue weighted by molar-refractivity contribution is 7.61. The second-order valence-electron chi connectivity index (χ2n) is 16.4. The maximum Gasteiger partial charge on any atom is 0.0196 e. The van der Waals surface area contributed by atoms with Crippen molar-refractivity contribution in [2.45, 2.75) is 227 Å². The summed E-state index contributed by atoms with van der Waals surface area (Å²) >= 11 is 0. The third-order valence-electron chi connectivity index (χ3n) is 13.4. The number of nitrogens with zero attached hydrogens (tertiary/aromatic N) is 1. The van der Waals surface area contributed by atoms with Crippen molar-refractivity contribution in [1.82, 2.24) is 4.90 Å². The molecule has 0 heterocycles. The first-order valence-electron chi connectivity index (χ1n) is 20.3. The normalized spacial score (nSPS) is 27.6. The molecular weight excluding hydrogens is 575 g/mol. The predicted molar refractivity (Wildman–Crippen MR) is 198 cm³/mol. The zero-order valence-electron chi connectivity index (χ0n) is 28.6. The molecule has 6 rings (SSSR count). The molecule has 4 heteroatoms. The van der Waals surface area contributed by atoms with E-state index in [2.05, 4.69) is 4.90 Å². The van der Waals surface area contributed by atoms with E-state index in [0.29, 0.717) is 0 Å². The molecule has 0 spiro atoms. The molecule has 43 heavy (non-hydrogen) atoms. The molecule has 6 fully saturated rings. The first kappa shape index (κ1) is 34.1. The summed E-state index contributed by atoms with van der Waals surface area (Å²) in [5, 5.41) is 0. The summed E-state index contributed by atoms with van der Waals surface area (Å²) in [6.07, 6.45) is 52.0. The van der Waals surface area contributed by atoms with Gasteiger partial charge in [0.15, 0.2) is 0 Å². The van der Waals surface area contributed by atoms with E-state index in [9.17, 15) is 0 Å². The first-order valence-corrected chi connectivity index (χ1v) is 25.3. The fourth-order valence-corrected chi connectivity index (χ4v) is 22.7. The zero-order valence-corrected chi connectivity index (χ0v) is 31.3. The third-order valence-corrected chi connectivity index (χ3v) is 24.3. The highest BCUT2D eigenvalue weighted by Crippen LogP contribution is 2.62. The van der Waals surface area contributed by atoms with E-state index in [-0.39, 0.29) is 23.8 Å². The van der Waals surface area contributed by atoms with Crippen LogP contribution < -0.4 is 0 Å². The van der Waals surface area contributed by atoms with E-state index in [4.69, 9.17) is 0 Å². The van der Waals surface area contributed by atoms with Crippen LogP contribution in [0.2, 0.25) is 0 Å². The van der Waals surface area contributed by atoms with Gasteiger partial charge in [-0.05, 0) is 111 Å². The van der Waals surface area contributed by atoms with E-state index in [1.165, 1.54) is 38.5 Å². The maximum absolute atomic E-state index is 3.40. The summed E-state index contributed by atoms with van der Waals surface area (Å²) in [5.41, 5.74) is 6.75. The van der Waals surface area contributed by atoms with Crippen molar-refractivity contribution in [2.75, 3.05) is 18.9 Å². The van der Waals surface area contributed by atoms with Gasteiger partial charge in [0.25, 0.3) is 0 Å². The fourth-order valence-electron chi connectivity index (χ4n) is 10.9. The summed E-state index contributed by atoms with van der Waals surface area (Å²) in [7, 11) is 0.538. The smallest absolute Gasteiger partial charge is 0.0196 e. The Labute approximate surface area is 273 Å². The van der Waals surface area contributed by atoms with Crippen LogP contribution in [-0.4, -0.2) is 57.7 Å². The number of hydrogen-bond acceptors (Lipinski definition) is 1. The van der Waals surface area contributed by atoms with Crippen molar-refractivity contribution in [1.29, 1.82) is 0 Å². The van der Waals surface area contributed by atoms with Crippen molar-refractivity contribution in [2.24, 2.45) is 0 Å². The van der Waals surface area contributed by atoms with Crippen LogP contribution in [0.3, 0.4) is 0 Å². The summed E-state index contributed by atoms with van der Waals surface area (Å²) in [4.78, 5) is 3.40. The molecule has 6 saturated carbocycles. The third kappa shape index (κ3) is 10.1. The van der Waals surface area contributed by atoms with Crippen molar-refractivity contribution < 1.29 is 0 Å². The lowest BCUT2D eigenvalue weighted by atomic mass is 9.99. The van der Waals surface area contributed by atoms with Gasteiger partial charge in [0, 0.05) is 18.9 Å². The van der Waals surface area contributed by atoms with Gasteiger partial charge in [-0.15, -0.1) is 0 Å². The molecule has 6 aliphatic rings. The van der Waals surface area contributed by atoms with E-state index in [1.54, 1.807) is 173 Å². The number of rotatable bonds is 12. The highest BCUT2D eigenvalue weighted by atomic mass is 31.1. The number of hydrogen-bond donors (Lipinski definition) is 0. The minimum Gasteiger partial charge on any atom is -0.291 e. The van der Waals surface area contributed by atoms with Gasteiger partial charge in [0.05, 0.1) is 0 Å². The molecule has 0 aliphatic heterocycles. The SMILES string of the molecule is C1CCC(P(CN(CP(C2CCCCC2)C2CCCCC2)CP(C2CCCCC2)C2CCCCC2)C2CCCCC2)CC1. The van der Waals surface area contributed by atoms with E-state index < -0.39 is 0 Å². The van der Waals surface area contributed by atoms with Crippen molar-refractivity contribution in [3.63, 3.8) is 0 Å². The second kappa shape index (κ2) is 18.7. The van der Waals surface area contributed by atoms with E-state index >= 15 is 0 Å². The largest absolute Gasteiger partial charge is 0.291 e. The maximum atomic E-state index is 3.40. The predicted octanol–water partition coefficient (Wildman–Crippen LogP) is 13.6. The molecule has 0 atom stereocenters. The molecule has 0 N–H and O–H groups in total. The van der Waals surface area contributed by atoms with Gasteiger partial charge in [-0.1, -0.05) is 139 Å². The van der Waals surface area contributed by atoms with Crippen LogP contribution in [0.5, 0.6) is 0 Å². The average molecular weight is 648 g/mol. The van der Waals surface area contributed by atoms with Crippen LogP contribution in [0.1, 0.15) is 193 Å². The zero-order chi connectivity index (χ0) is 29.1. The minimum absolute atomic E-state index is 0.179. The standard InChI is InChI=1S/C39H72NP3/c1-7-19-34(20-8-1)41(35-21-9-2-10-22-35)31-40(32-42(36-23-11-3-12-24-36)37-25-13-4-14-26-37)33-43(38-27-15-5-16-28-38)39-29-17-6-18-30-39/h34-39H,1-33H2. The molecule has 0 saturated heterocycles. The lowest BCUT2D eigenvalue weighted by Gasteiger charge is -2.47. The molecule has 0 aromatic carbocycles. The van der Waals surface area contributed by atoms with Crippen molar-refractivity contribution in [3.05, 3.63) is 0 Å². The Hall–Kier alpha value is 1.25. The van der Waals surface area contributed by atoms with Crippen molar-refractivity contribution >= 4 is 23.8 Å². The first-order chi connectivity index (χ1) is 21.3. The van der Waals surface area contributed by atoms with Gasteiger partial charge in [-0.3, -0.25) is 4.90 Å². The van der Waals surface area contributed by atoms with Crippen LogP contribution in [0.25, 0.3) is 0 Å². The molecule has 0 unspecified atom stereocenters. The molecule has 0 aromatic rings. The lowest BCUT2D eigenvalue weighted by Crippen LogP contribution is -2.36. The average Bonchev–Trinajstić information content (AvgIpc) is 3.10. The van der Waals surface area contributed by atoms with Gasteiger partial charge in [-0.2, -0.15) is 0 Å². The minimum atomic E-state index is 0.179. The van der Waals surface area contributed by atoms with E-state index in [0.717, 1.165) is 34.0 Å². The fraction of sp³-hybridized carbons (Fsp3) is 1.00. The molecule has 0 radical (unpaired) electrons. The Morgan fingerprint density at radius 2 is 0.419 bits per heavy atom. The molecular formula is C39H72NP3. The van der Waals surface area contributed by atoms with Gasteiger partial charge in [-0.25, -0.2) is 0 Å². The summed E-state index contributed by atoms with van der Waals surface area (Å²) in [6.45, 7) is 0. The lowest BCUT2D eigenvalue weighted by molar-refractivity contribution is 0.401. The Balaban J connectivity index is 1.27. The van der Waals surface area contributed by atoms with Crippen LogP contribution in [0.4, 0.5) is 0 Å². The molecule has 0 amide bonds.